The van der Waals surface area contributed by atoms with E-state index in [-0.39, 0.29) is 11.9 Å². The lowest BCUT2D eigenvalue weighted by atomic mass is 10.1. The van der Waals surface area contributed by atoms with Gasteiger partial charge < -0.3 is 5.32 Å². The number of halogens is 1. The highest BCUT2D eigenvalue weighted by atomic mass is 32.1. The first-order chi connectivity index (χ1) is 9.13. The zero-order chi connectivity index (χ0) is 13.8. The molecule has 2 aromatic heterocycles. The van der Waals surface area contributed by atoms with Crippen LogP contribution in [0.3, 0.4) is 0 Å². The van der Waals surface area contributed by atoms with E-state index in [4.69, 9.17) is 0 Å². The maximum Gasteiger partial charge on any atom is 0.146 e. The van der Waals surface area contributed by atoms with Gasteiger partial charge in [-0.15, -0.1) is 11.3 Å². The topological polar surface area (TPSA) is 24.9 Å². The van der Waals surface area contributed by atoms with E-state index in [0.29, 0.717) is 5.56 Å². The van der Waals surface area contributed by atoms with Crippen molar-refractivity contribution in [1.29, 1.82) is 0 Å². The van der Waals surface area contributed by atoms with Gasteiger partial charge in [-0.3, -0.25) is 4.98 Å². The summed E-state index contributed by atoms with van der Waals surface area (Å²) in [5.74, 6) is -0.250. The van der Waals surface area contributed by atoms with Crippen LogP contribution < -0.4 is 5.32 Å². The number of nitrogens with zero attached hydrogens (tertiary/aromatic N) is 1. The average Bonchev–Trinajstić information content (AvgIpc) is 2.72. The maximum absolute atomic E-state index is 14.0. The fraction of sp³-hybridized carbons (Fsp3) is 0.400. The van der Waals surface area contributed by atoms with Gasteiger partial charge in [0, 0.05) is 21.5 Å². The molecule has 0 radical (unpaired) electrons. The van der Waals surface area contributed by atoms with E-state index in [2.05, 4.69) is 37.1 Å². The molecule has 2 rings (SSSR count). The van der Waals surface area contributed by atoms with Crippen LogP contribution in [0.25, 0.3) is 0 Å². The quantitative estimate of drug-likeness (QED) is 0.894. The zero-order valence-corrected chi connectivity index (χ0v) is 12.4. The Kier molecular flexibility index (Phi) is 4.66. The zero-order valence-electron chi connectivity index (χ0n) is 11.5. The first-order valence-electron chi connectivity index (χ1n) is 6.53. The van der Waals surface area contributed by atoms with Crippen LogP contribution in [0.2, 0.25) is 0 Å². The van der Waals surface area contributed by atoms with Gasteiger partial charge >= 0.3 is 0 Å². The molecule has 2 heterocycles. The van der Waals surface area contributed by atoms with Crippen molar-refractivity contribution in [3.05, 3.63) is 51.2 Å². The van der Waals surface area contributed by atoms with Gasteiger partial charge in [0.1, 0.15) is 5.82 Å². The van der Waals surface area contributed by atoms with E-state index in [9.17, 15) is 4.39 Å². The fourth-order valence-electron chi connectivity index (χ4n) is 2.02. The Morgan fingerprint density at radius 1 is 1.42 bits per heavy atom. The molecule has 0 amide bonds. The SMILES string of the molecule is CCCNC(c1cc(C)c(C)s1)c1ccncc1F. The van der Waals surface area contributed by atoms with Gasteiger partial charge in [-0.1, -0.05) is 6.92 Å². The first kappa shape index (κ1) is 14.2. The van der Waals surface area contributed by atoms with Crippen LogP contribution in [0.5, 0.6) is 0 Å². The van der Waals surface area contributed by atoms with Crippen molar-refractivity contribution in [3.63, 3.8) is 0 Å². The number of rotatable bonds is 5. The highest BCUT2D eigenvalue weighted by Crippen LogP contribution is 2.31. The van der Waals surface area contributed by atoms with Crippen LogP contribution in [-0.4, -0.2) is 11.5 Å². The number of hydrogen-bond acceptors (Lipinski definition) is 3. The Hall–Kier alpha value is -1.26. The lowest BCUT2D eigenvalue weighted by Crippen LogP contribution is -2.23. The minimum absolute atomic E-state index is 0.0830. The second-order valence-corrected chi connectivity index (χ2v) is 5.96. The summed E-state index contributed by atoms with van der Waals surface area (Å²) in [5, 5.41) is 3.43. The van der Waals surface area contributed by atoms with Gasteiger partial charge in [0.05, 0.1) is 12.2 Å². The van der Waals surface area contributed by atoms with Crippen LogP contribution in [0.4, 0.5) is 4.39 Å². The summed E-state index contributed by atoms with van der Waals surface area (Å²) in [4.78, 5) is 6.27. The van der Waals surface area contributed by atoms with Crippen LogP contribution in [0.15, 0.2) is 24.5 Å². The Labute approximate surface area is 117 Å². The van der Waals surface area contributed by atoms with E-state index >= 15 is 0 Å². The molecule has 1 atom stereocenters. The first-order valence-corrected chi connectivity index (χ1v) is 7.34. The third kappa shape index (κ3) is 3.19. The van der Waals surface area contributed by atoms with Gasteiger partial charge in [0.15, 0.2) is 0 Å². The molecule has 0 fully saturated rings. The molecular weight excluding hydrogens is 259 g/mol. The Bertz CT molecular complexity index is 531. The van der Waals surface area contributed by atoms with Gasteiger partial charge in [0.25, 0.3) is 0 Å². The van der Waals surface area contributed by atoms with Crippen LogP contribution in [0.1, 0.15) is 40.3 Å². The molecule has 102 valence electrons. The van der Waals surface area contributed by atoms with Crippen molar-refractivity contribution in [1.82, 2.24) is 10.3 Å². The molecule has 0 aromatic carbocycles. The van der Waals surface area contributed by atoms with Crippen LogP contribution >= 0.6 is 11.3 Å². The average molecular weight is 278 g/mol. The highest BCUT2D eigenvalue weighted by Gasteiger charge is 2.19. The van der Waals surface area contributed by atoms with E-state index < -0.39 is 0 Å². The standard InChI is InChI=1S/C15H19FN2S/c1-4-6-18-15(12-5-7-17-9-13(12)16)14-8-10(2)11(3)19-14/h5,7-9,15,18H,4,6H2,1-3H3. The number of aryl methyl sites for hydroxylation is 2. The predicted octanol–water partition coefficient (Wildman–Crippen LogP) is 3.99. The van der Waals surface area contributed by atoms with Crippen molar-refractivity contribution in [3.8, 4) is 0 Å². The summed E-state index contributed by atoms with van der Waals surface area (Å²) in [7, 11) is 0. The van der Waals surface area contributed by atoms with Crippen molar-refractivity contribution in [2.75, 3.05) is 6.54 Å². The van der Waals surface area contributed by atoms with Crippen molar-refractivity contribution in [2.24, 2.45) is 0 Å². The molecule has 0 aliphatic rings. The molecule has 2 nitrogen and oxygen atoms in total. The summed E-state index contributed by atoms with van der Waals surface area (Å²) in [6.07, 6.45) is 3.95. The third-order valence-corrected chi connectivity index (χ3v) is 4.40. The molecule has 0 saturated heterocycles. The molecule has 0 aliphatic heterocycles. The summed E-state index contributed by atoms with van der Waals surface area (Å²) in [5.41, 5.74) is 1.93. The van der Waals surface area contributed by atoms with Gasteiger partial charge in [-0.25, -0.2) is 4.39 Å². The third-order valence-electron chi connectivity index (χ3n) is 3.18. The molecule has 2 aromatic rings. The summed E-state index contributed by atoms with van der Waals surface area (Å²) in [6, 6.07) is 3.82. The van der Waals surface area contributed by atoms with E-state index in [1.54, 1.807) is 23.6 Å². The minimum atomic E-state index is -0.250. The van der Waals surface area contributed by atoms with Crippen molar-refractivity contribution < 1.29 is 4.39 Å². The summed E-state index contributed by atoms with van der Waals surface area (Å²) in [6.45, 7) is 7.17. The van der Waals surface area contributed by atoms with Gasteiger partial charge in [-0.05, 0) is 44.5 Å². The van der Waals surface area contributed by atoms with E-state index in [1.807, 2.05) is 0 Å². The largest absolute Gasteiger partial charge is 0.306 e. The second-order valence-electron chi connectivity index (χ2n) is 4.67. The van der Waals surface area contributed by atoms with E-state index in [1.165, 1.54) is 16.6 Å². The Balaban J connectivity index is 2.38. The summed E-state index contributed by atoms with van der Waals surface area (Å²) < 4.78 is 14.0. The van der Waals surface area contributed by atoms with Crippen LogP contribution in [-0.2, 0) is 0 Å². The molecule has 1 N–H and O–H groups in total. The number of thiophene rings is 1. The Morgan fingerprint density at radius 3 is 2.79 bits per heavy atom. The fourth-order valence-corrected chi connectivity index (χ4v) is 3.15. The molecule has 0 spiro atoms. The maximum atomic E-state index is 14.0. The summed E-state index contributed by atoms with van der Waals surface area (Å²) >= 11 is 1.73. The molecule has 0 bridgehead atoms. The smallest absolute Gasteiger partial charge is 0.146 e. The predicted molar refractivity (Wildman–Crippen MR) is 78.1 cm³/mol. The highest BCUT2D eigenvalue weighted by molar-refractivity contribution is 7.12. The van der Waals surface area contributed by atoms with Gasteiger partial charge in [0.2, 0.25) is 0 Å². The van der Waals surface area contributed by atoms with Gasteiger partial charge in [-0.2, -0.15) is 0 Å². The number of nitrogens with one attached hydrogen (secondary N) is 1. The number of hydrogen-bond donors (Lipinski definition) is 1. The van der Waals surface area contributed by atoms with Crippen molar-refractivity contribution >= 4 is 11.3 Å². The molecule has 0 aliphatic carbocycles. The number of pyridine rings is 1. The molecule has 1 unspecified atom stereocenters. The Morgan fingerprint density at radius 2 is 2.21 bits per heavy atom. The van der Waals surface area contributed by atoms with Crippen LogP contribution in [0, 0.1) is 19.7 Å². The molecule has 4 heteroatoms. The lowest BCUT2D eigenvalue weighted by molar-refractivity contribution is 0.547. The monoisotopic (exact) mass is 278 g/mol. The molecule has 19 heavy (non-hydrogen) atoms. The normalized spacial score (nSPS) is 12.6. The minimum Gasteiger partial charge on any atom is -0.306 e. The second kappa shape index (κ2) is 6.26. The number of aromatic nitrogens is 1. The van der Waals surface area contributed by atoms with E-state index in [0.717, 1.165) is 17.8 Å². The molecule has 0 saturated carbocycles. The lowest BCUT2D eigenvalue weighted by Gasteiger charge is -2.18. The molecular formula is C15H19FN2S. The van der Waals surface area contributed by atoms with Crippen molar-refractivity contribution in [2.45, 2.75) is 33.2 Å².